The number of nitrogens with zero attached hydrogens (tertiary/aromatic N) is 2. The van der Waals surface area contributed by atoms with Crippen molar-refractivity contribution in [2.45, 2.75) is 13.0 Å². The van der Waals surface area contributed by atoms with E-state index in [-0.39, 0.29) is 12.0 Å². The Hall–Kier alpha value is -3.20. The number of fused-ring (bicyclic) bond motifs is 1. The molecule has 0 saturated heterocycles. The van der Waals surface area contributed by atoms with Crippen molar-refractivity contribution < 1.29 is 0 Å². The fourth-order valence-electron chi connectivity index (χ4n) is 3.51. The number of rotatable bonds is 3. The zero-order valence-electron chi connectivity index (χ0n) is 14.8. The van der Waals surface area contributed by atoms with E-state index in [0.29, 0.717) is 0 Å². The molecule has 0 aromatic heterocycles. The van der Waals surface area contributed by atoms with Gasteiger partial charge in [-0.1, -0.05) is 61.2 Å². The lowest BCUT2D eigenvalue weighted by Crippen LogP contribution is -2.36. The van der Waals surface area contributed by atoms with Gasteiger partial charge in [0.2, 0.25) is 0 Å². The molecule has 0 fully saturated rings. The average Bonchev–Trinajstić information content (AvgIpc) is 2.70. The quantitative estimate of drug-likeness (QED) is 0.822. The van der Waals surface area contributed by atoms with E-state index in [2.05, 4.69) is 77.3 Å². The van der Waals surface area contributed by atoms with E-state index in [4.69, 9.17) is 0 Å². The molecule has 3 nitrogen and oxygen atoms in total. The third-order valence-electron chi connectivity index (χ3n) is 4.94. The van der Waals surface area contributed by atoms with Gasteiger partial charge in [0.25, 0.3) is 0 Å². The highest BCUT2D eigenvalue weighted by Gasteiger charge is 2.30. The first-order chi connectivity index (χ1) is 12.8. The monoisotopic (exact) mass is 339 g/mol. The Labute approximate surface area is 154 Å². The van der Waals surface area contributed by atoms with Crippen molar-refractivity contribution in [3.63, 3.8) is 0 Å². The lowest BCUT2D eigenvalue weighted by Gasteiger charge is -2.29. The minimum atomic E-state index is -0.0298. The number of benzene rings is 2. The molecule has 2 heterocycles. The third-order valence-corrected chi connectivity index (χ3v) is 4.94. The van der Waals surface area contributed by atoms with E-state index < -0.39 is 0 Å². The predicted molar refractivity (Wildman–Crippen MR) is 111 cm³/mol. The van der Waals surface area contributed by atoms with Crippen LogP contribution in [0, 0.1) is 12.8 Å². The van der Waals surface area contributed by atoms with Crippen LogP contribution in [0.25, 0.3) is 11.1 Å². The van der Waals surface area contributed by atoms with Crippen molar-refractivity contribution in [1.29, 1.82) is 0 Å². The molecule has 4 rings (SSSR count). The lowest BCUT2D eigenvalue weighted by molar-refractivity contribution is 0.684. The first kappa shape index (κ1) is 16.3. The summed E-state index contributed by atoms with van der Waals surface area (Å²) in [5.41, 5.74) is 5.86. The average molecular weight is 339 g/mol. The van der Waals surface area contributed by atoms with Gasteiger partial charge in [-0.15, -0.1) is 0 Å². The van der Waals surface area contributed by atoms with Crippen LogP contribution in [0.2, 0.25) is 0 Å². The van der Waals surface area contributed by atoms with E-state index in [1.807, 2.05) is 30.6 Å². The summed E-state index contributed by atoms with van der Waals surface area (Å²) in [6, 6.07) is 16.7. The highest BCUT2D eigenvalue weighted by atomic mass is 15.1. The molecule has 1 N–H and O–H groups in total. The minimum absolute atomic E-state index is 0.0298. The second kappa shape index (κ2) is 6.96. The Morgan fingerprint density at radius 3 is 2.73 bits per heavy atom. The van der Waals surface area contributed by atoms with Crippen LogP contribution in [0.4, 0.5) is 5.69 Å². The standard InChI is InChI=1S/C23H21N3/c1-3-17-12-14-24-22-20(17)13-15-25-23(22)26-21-11-7-10-19(16(21)2)18-8-5-4-6-9-18/h3-15,20,22H,1H2,2H3,(H,25,26). The predicted octanol–water partition coefficient (Wildman–Crippen LogP) is 5.18. The van der Waals surface area contributed by atoms with E-state index in [1.165, 1.54) is 22.3 Å². The smallest absolute Gasteiger partial charge is 0.132 e. The fraction of sp³-hybridized carbons (Fsp3) is 0.130. The van der Waals surface area contributed by atoms with E-state index in [1.54, 1.807) is 0 Å². The van der Waals surface area contributed by atoms with Crippen LogP contribution < -0.4 is 5.32 Å². The molecule has 0 spiro atoms. The Morgan fingerprint density at radius 2 is 1.92 bits per heavy atom. The summed E-state index contributed by atoms with van der Waals surface area (Å²) in [5.74, 6) is 1.06. The maximum absolute atomic E-state index is 4.64. The minimum Gasteiger partial charge on any atom is -0.342 e. The van der Waals surface area contributed by atoms with Gasteiger partial charge in [0, 0.05) is 24.0 Å². The van der Waals surface area contributed by atoms with Crippen molar-refractivity contribution >= 4 is 17.7 Å². The molecule has 2 aromatic rings. The number of dihydropyridines is 1. The SMILES string of the molecule is C=CC1=CC=NC2C(Nc3cccc(-c4ccccc4)c3C)=NC=CC12. The first-order valence-electron chi connectivity index (χ1n) is 8.80. The topological polar surface area (TPSA) is 36.8 Å². The third kappa shape index (κ3) is 2.92. The number of hydrogen-bond donors (Lipinski definition) is 1. The highest BCUT2D eigenvalue weighted by Crippen LogP contribution is 2.31. The summed E-state index contributed by atoms with van der Waals surface area (Å²) in [6.07, 6.45) is 9.72. The fourth-order valence-corrected chi connectivity index (χ4v) is 3.51. The van der Waals surface area contributed by atoms with Crippen molar-refractivity contribution in [3.05, 3.63) is 90.7 Å². The summed E-state index contributed by atoms with van der Waals surface area (Å²) >= 11 is 0. The second-order valence-electron chi connectivity index (χ2n) is 6.46. The molecule has 2 aliphatic heterocycles. The van der Waals surface area contributed by atoms with Crippen molar-refractivity contribution in [2.24, 2.45) is 15.9 Å². The number of allylic oxidation sites excluding steroid dienone is 2. The Kier molecular flexibility index (Phi) is 4.36. The van der Waals surface area contributed by atoms with Crippen molar-refractivity contribution in [3.8, 4) is 11.1 Å². The molecular formula is C23H21N3. The summed E-state index contributed by atoms with van der Waals surface area (Å²) in [5, 5.41) is 3.53. The number of nitrogens with one attached hydrogen (secondary N) is 1. The van der Waals surface area contributed by atoms with E-state index in [0.717, 1.165) is 11.5 Å². The van der Waals surface area contributed by atoms with Gasteiger partial charge in [-0.2, -0.15) is 0 Å². The maximum atomic E-state index is 4.64. The van der Waals surface area contributed by atoms with Gasteiger partial charge in [0.15, 0.2) is 0 Å². The van der Waals surface area contributed by atoms with Crippen molar-refractivity contribution in [2.75, 3.05) is 5.32 Å². The van der Waals surface area contributed by atoms with Crippen LogP contribution in [0.15, 0.2) is 95.1 Å². The van der Waals surface area contributed by atoms with Gasteiger partial charge in [0.05, 0.1) is 0 Å². The van der Waals surface area contributed by atoms with Gasteiger partial charge in [-0.05, 0) is 41.3 Å². The molecule has 2 unspecified atom stereocenters. The largest absolute Gasteiger partial charge is 0.342 e. The van der Waals surface area contributed by atoms with Crippen LogP contribution in [-0.2, 0) is 0 Å². The van der Waals surface area contributed by atoms with Gasteiger partial charge in [-0.25, -0.2) is 4.99 Å². The number of anilines is 1. The maximum Gasteiger partial charge on any atom is 0.132 e. The molecule has 3 heteroatoms. The molecule has 0 bridgehead atoms. The molecule has 26 heavy (non-hydrogen) atoms. The van der Waals surface area contributed by atoms with Gasteiger partial charge >= 0.3 is 0 Å². The Morgan fingerprint density at radius 1 is 1.08 bits per heavy atom. The van der Waals surface area contributed by atoms with Crippen molar-refractivity contribution in [1.82, 2.24) is 0 Å². The Bertz CT molecular complexity index is 949. The van der Waals surface area contributed by atoms with E-state index >= 15 is 0 Å². The molecule has 0 radical (unpaired) electrons. The van der Waals surface area contributed by atoms with Gasteiger partial charge in [-0.3, -0.25) is 4.99 Å². The lowest BCUT2D eigenvalue weighted by atomic mass is 9.87. The van der Waals surface area contributed by atoms with Crippen LogP contribution in [0.3, 0.4) is 0 Å². The Balaban J connectivity index is 1.65. The van der Waals surface area contributed by atoms with Crippen LogP contribution in [0.5, 0.6) is 0 Å². The molecule has 0 aliphatic carbocycles. The molecule has 2 aromatic carbocycles. The number of amidine groups is 1. The van der Waals surface area contributed by atoms with Crippen LogP contribution in [-0.4, -0.2) is 18.1 Å². The molecule has 0 saturated carbocycles. The summed E-state index contributed by atoms with van der Waals surface area (Å²) in [6.45, 7) is 6.06. The second-order valence-corrected chi connectivity index (χ2v) is 6.46. The zero-order valence-corrected chi connectivity index (χ0v) is 14.8. The van der Waals surface area contributed by atoms with Gasteiger partial charge in [0.1, 0.15) is 11.9 Å². The van der Waals surface area contributed by atoms with Crippen LogP contribution in [0.1, 0.15) is 5.56 Å². The van der Waals surface area contributed by atoms with Gasteiger partial charge < -0.3 is 5.32 Å². The number of aliphatic imine (C=N–C) groups is 2. The zero-order chi connectivity index (χ0) is 17.9. The molecular weight excluding hydrogens is 318 g/mol. The first-order valence-corrected chi connectivity index (χ1v) is 8.80. The summed E-state index contributed by atoms with van der Waals surface area (Å²) in [4.78, 5) is 9.21. The number of hydrogen-bond acceptors (Lipinski definition) is 3. The highest BCUT2D eigenvalue weighted by molar-refractivity contribution is 6.03. The van der Waals surface area contributed by atoms with Crippen LogP contribution >= 0.6 is 0 Å². The molecule has 2 atom stereocenters. The molecule has 0 amide bonds. The summed E-state index contributed by atoms with van der Waals surface area (Å²) < 4.78 is 0. The van der Waals surface area contributed by atoms with E-state index in [9.17, 15) is 0 Å². The summed E-state index contributed by atoms with van der Waals surface area (Å²) in [7, 11) is 0. The molecule has 2 aliphatic rings. The normalized spacial score (nSPS) is 20.8. The molecule has 128 valence electrons.